The lowest BCUT2D eigenvalue weighted by molar-refractivity contribution is 0.0601. The maximum Gasteiger partial charge on any atom is 0.337 e. The molecule has 5 heteroatoms. The van der Waals surface area contributed by atoms with Crippen LogP contribution in [0, 0.1) is 0 Å². The van der Waals surface area contributed by atoms with Crippen LogP contribution in [0.1, 0.15) is 23.2 Å². The number of esters is 1. The Morgan fingerprint density at radius 2 is 1.78 bits per heavy atom. The van der Waals surface area contributed by atoms with Gasteiger partial charge in [-0.3, -0.25) is 0 Å². The van der Waals surface area contributed by atoms with E-state index in [9.17, 15) is 4.79 Å². The van der Waals surface area contributed by atoms with Crippen LogP contribution in [-0.4, -0.2) is 26.2 Å². The summed E-state index contributed by atoms with van der Waals surface area (Å²) >= 11 is 5.91. The largest absolute Gasteiger partial charge is 0.465 e. The van der Waals surface area contributed by atoms with Gasteiger partial charge in [0.05, 0.1) is 18.4 Å². The minimum absolute atomic E-state index is 0.344. The molecule has 120 valence electrons. The summed E-state index contributed by atoms with van der Waals surface area (Å²) in [7, 11) is 1.38. The van der Waals surface area contributed by atoms with Gasteiger partial charge in [0, 0.05) is 18.1 Å². The minimum Gasteiger partial charge on any atom is -0.465 e. The molecule has 0 N–H and O–H groups in total. The lowest BCUT2D eigenvalue weighted by Crippen LogP contribution is -2.19. The number of halogens is 1. The number of benzene rings is 2. The molecule has 23 heavy (non-hydrogen) atoms. The molecule has 0 amide bonds. The molecule has 1 heterocycles. The van der Waals surface area contributed by atoms with Gasteiger partial charge >= 0.3 is 5.97 Å². The van der Waals surface area contributed by atoms with Crippen LogP contribution in [0.5, 0.6) is 11.5 Å². The molecule has 0 bridgehead atoms. The number of ether oxygens (including phenoxy) is 2. The van der Waals surface area contributed by atoms with Gasteiger partial charge in [-0.2, -0.15) is 0 Å². The van der Waals surface area contributed by atoms with Crippen LogP contribution in [0.15, 0.2) is 42.5 Å². The number of carbonyl (C=O) groups excluding carboxylic acids is 1. The van der Waals surface area contributed by atoms with E-state index in [1.54, 1.807) is 18.2 Å². The average Bonchev–Trinajstić information content (AvgIpc) is 3.11. The highest BCUT2D eigenvalue weighted by atomic mass is 35.5. The van der Waals surface area contributed by atoms with Gasteiger partial charge in [0.15, 0.2) is 5.75 Å². The van der Waals surface area contributed by atoms with Crippen molar-refractivity contribution in [3.63, 3.8) is 0 Å². The fourth-order valence-electron chi connectivity index (χ4n) is 2.68. The number of hydrogen-bond donors (Lipinski definition) is 0. The molecule has 3 rings (SSSR count). The average molecular weight is 332 g/mol. The normalized spacial score (nSPS) is 13.9. The van der Waals surface area contributed by atoms with E-state index < -0.39 is 0 Å². The molecular formula is C18H18ClNO3. The SMILES string of the molecule is COC(=O)c1ccc(Oc2ccc(Cl)cc2)c(N2CCCC2)c1. The van der Waals surface area contributed by atoms with Crippen LogP contribution < -0.4 is 9.64 Å². The number of hydrogen-bond acceptors (Lipinski definition) is 4. The van der Waals surface area contributed by atoms with Gasteiger partial charge in [-0.05, 0) is 55.3 Å². The van der Waals surface area contributed by atoms with Crippen LogP contribution in [0.25, 0.3) is 0 Å². The minimum atomic E-state index is -0.344. The second-order valence-electron chi connectivity index (χ2n) is 5.42. The van der Waals surface area contributed by atoms with Gasteiger partial charge in [-0.1, -0.05) is 11.6 Å². The van der Waals surface area contributed by atoms with Crippen molar-refractivity contribution in [3.8, 4) is 11.5 Å². The zero-order valence-electron chi connectivity index (χ0n) is 12.9. The summed E-state index contributed by atoms with van der Waals surface area (Å²) < 4.78 is 10.8. The Morgan fingerprint density at radius 1 is 1.09 bits per heavy atom. The van der Waals surface area contributed by atoms with Gasteiger partial charge in [-0.25, -0.2) is 4.79 Å². The third-order valence-corrected chi connectivity index (χ3v) is 4.12. The van der Waals surface area contributed by atoms with Crippen molar-refractivity contribution < 1.29 is 14.3 Å². The second kappa shape index (κ2) is 6.92. The van der Waals surface area contributed by atoms with Crippen molar-refractivity contribution in [1.82, 2.24) is 0 Å². The van der Waals surface area contributed by atoms with Crippen LogP contribution in [0.4, 0.5) is 5.69 Å². The van der Waals surface area contributed by atoms with Gasteiger partial charge in [-0.15, -0.1) is 0 Å². The van der Waals surface area contributed by atoms with Crippen molar-refractivity contribution in [2.45, 2.75) is 12.8 Å². The van der Waals surface area contributed by atoms with Crippen molar-refractivity contribution >= 4 is 23.3 Å². The topological polar surface area (TPSA) is 38.8 Å². The Kier molecular flexibility index (Phi) is 4.72. The van der Waals surface area contributed by atoms with Crippen molar-refractivity contribution in [3.05, 3.63) is 53.1 Å². The van der Waals surface area contributed by atoms with E-state index in [1.807, 2.05) is 24.3 Å². The summed E-state index contributed by atoms with van der Waals surface area (Å²) in [6.07, 6.45) is 2.28. The van der Waals surface area contributed by atoms with E-state index >= 15 is 0 Å². The highest BCUT2D eigenvalue weighted by molar-refractivity contribution is 6.30. The summed E-state index contributed by atoms with van der Waals surface area (Å²) in [5.74, 6) is 1.09. The van der Waals surface area contributed by atoms with E-state index in [0.717, 1.165) is 37.4 Å². The highest BCUT2D eigenvalue weighted by Crippen LogP contribution is 2.35. The molecule has 4 nitrogen and oxygen atoms in total. The third kappa shape index (κ3) is 3.59. The molecule has 2 aromatic rings. The summed E-state index contributed by atoms with van der Waals surface area (Å²) in [6.45, 7) is 1.92. The molecule has 0 saturated carbocycles. The first-order chi connectivity index (χ1) is 11.2. The van der Waals surface area contributed by atoms with Gasteiger partial charge in [0.1, 0.15) is 5.75 Å². The molecule has 2 aromatic carbocycles. The first kappa shape index (κ1) is 15.7. The van der Waals surface area contributed by atoms with E-state index in [-0.39, 0.29) is 5.97 Å². The molecule has 1 fully saturated rings. The maximum absolute atomic E-state index is 11.8. The molecule has 0 aliphatic carbocycles. The number of carbonyl (C=O) groups is 1. The Morgan fingerprint density at radius 3 is 2.43 bits per heavy atom. The number of rotatable bonds is 4. The number of anilines is 1. The zero-order valence-corrected chi connectivity index (χ0v) is 13.7. The fraction of sp³-hybridized carbons (Fsp3) is 0.278. The molecule has 0 radical (unpaired) electrons. The molecule has 0 spiro atoms. The van der Waals surface area contributed by atoms with Crippen molar-refractivity contribution in [2.24, 2.45) is 0 Å². The number of methoxy groups -OCH3 is 1. The van der Waals surface area contributed by atoms with E-state index in [4.69, 9.17) is 21.1 Å². The third-order valence-electron chi connectivity index (χ3n) is 3.87. The summed E-state index contributed by atoms with van der Waals surface area (Å²) in [6, 6.07) is 12.6. The van der Waals surface area contributed by atoms with E-state index in [2.05, 4.69) is 4.90 Å². The monoisotopic (exact) mass is 331 g/mol. The first-order valence-corrected chi connectivity index (χ1v) is 7.96. The maximum atomic E-state index is 11.8. The second-order valence-corrected chi connectivity index (χ2v) is 5.86. The molecule has 0 unspecified atom stereocenters. The van der Waals surface area contributed by atoms with Crippen LogP contribution in [-0.2, 0) is 4.74 Å². The van der Waals surface area contributed by atoms with Gasteiger partial charge < -0.3 is 14.4 Å². The van der Waals surface area contributed by atoms with Crippen LogP contribution in [0.3, 0.4) is 0 Å². The van der Waals surface area contributed by atoms with Crippen LogP contribution >= 0.6 is 11.6 Å². The molecule has 1 aliphatic rings. The Labute approximate surface area is 140 Å². The van der Waals surface area contributed by atoms with Crippen LogP contribution in [0.2, 0.25) is 5.02 Å². The summed E-state index contributed by atoms with van der Waals surface area (Å²) in [5.41, 5.74) is 1.44. The molecule has 0 aromatic heterocycles. The van der Waals surface area contributed by atoms with E-state index in [0.29, 0.717) is 16.3 Å². The molecular weight excluding hydrogens is 314 g/mol. The zero-order chi connectivity index (χ0) is 16.2. The molecule has 1 saturated heterocycles. The highest BCUT2D eigenvalue weighted by Gasteiger charge is 2.19. The van der Waals surface area contributed by atoms with Gasteiger partial charge in [0.25, 0.3) is 0 Å². The molecule has 0 atom stereocenters. The summed E-state index contributed by atoms with van der Waals surface area (Å²) in [4.78, 5) is 14.0. The summed E-state index contributed by atoms with van der Waals surface area (Å²) in [5, 5.41) is 0.665. The lowest BCUT2D eigenvalue weighted by atomic mass is 10.1. The molecule has 1 aliphatic heterocycles. The Bertz CT molecular complexity index is 694. The smallest absolute Gasteiger partial charge is 0.337 e. The predicted octanol–water partition coefficient (Wildman–Crippen LogP) is 4.52. The quantitative estimate of drug-likeness (QED) is 0.772. The van der Waals surface area contributed by atoms with Crippen molar-refractivity contribution in [1.29, 1.82) is 0 Å². The van der Waals surface area contributed by atoms with Crippen molar-refractivity contribution in [2.75, 3.05) is 25.1 Å². The standard InChI is InChI=1S/C18H18ClNO3/c1-22-18(21)13-4-9-17(16(12-13)20-10-2-3-11-20)23-15-7-5-14(19)6-8-15/h4-9,12H,2-3,10-11H2,1H3. The fourth-order valence-corrected chi connectivity index (χ4v) is 2.81. The predicted molar refractivity (Wildman–Crippen MR) is 90.8 cm³/mol. The first-order valence-electron chi connectivity index (χ1n) is 7.58. The Balaban J connectivity index is 1.94. The van der Waals surface area contributed by atoms with Gasteiger partial charge in [0.2, 0.25) is 0 Å². The number of nitrogens with zero attached hydrogens (tertiary/aromatic N) is 1. The van der Waals surface area contributed by atoms with E-state index in [1.165, 1.54) is 7.11 Å². The lowest BCUT2D eigenvalue weighted by Gasteiger charge is -2.22. The Hall–Kier alpha value is -2.20.